The van der Waals surface area contributed by atoms with Gasteiger partial charge in [0, 0.05) is 29.6 Å². The molecule has 2 aromatic heterocycles. The summed E-state index contributed by atoms with van der Waals surface area (Å²) in [6, 6.07) is 15.1. The lowest BCUT2D eigenvalue weighted by atomic mass is 9.83. The summed E-state index contributed by atoms with van der Waals surface area (Å²) in [7, 11) is 3.31. The van der Waals surface area contributed by atoms with E-state index in [0.29, 0.717) is 18.2 Å². The molecule has 0 unspecified atom stereocenters. The molecule has 1 aliphatic rings. The van der Waals surface area contributed by atoms with Crippen molar-refractivity contribution in [2.24, 2.45) is 0 Å². The van der Waals surface area contributed by atoms with Gasteiger partial charge in [-0.1, -0.05) is 30.5 Å². The molecule has 0 radical (unpaired) electrons. The normalized spacial score (nSPS) is 13.0. The molecule has 2 heterocycles. The highest BCUT2D eigenvalue weighted by atomic mass is 32.1. The van der Waals surface area contributed by atoms with Crippen LogP contribution < -0.4 is 9.64 Å². The van der Waals surface area contributed by atoms with E-state index in [9.17, 15) is 4.79 Å². The van der Waals surface area contributed by atoms with Crippen LogP contribution in [0.4, 0.5) is 5.69 Å². The van der Waals surface area contributed by atoms with Gasteiger partial charge < -0.3 is 9.64 Å². The minimum absolute atomic E-state index is 0.0313. The maximum Gasteiger partial charge on any atom is 0.299 e. The second-order valence-corrected chi connectivity index (χ2v) is 9.22. The number of thiazole rings is 1. The molecule has 4 aromatic rings. The van der Waals surface area contributed by atoms with Gasteiger partial charge in [-0.15, -0.1) is 21.5 Å². The van der Waals surface area contributed by atoms with Crippen molar-refractivity contribution >= 4 is 22.9 Å². The number of amides is 1. The lowest BCUT2D eigenvalue weighted by molar-refractivity contribution is 0.0982. The molecule has 2 aromatic carbocycles. The monoisotopic (exact) mass is 484 g/mol. The first-order chi connectivity index (χ1) is 17.1. The zero-order chi connectivity index (χ0) is 24.2. The van der Waals surface area contributed by atoms with E-state index in [1.54, 1.807) is 25.5 Å². The fraction of sp³-hybridized carbons (Fsp3) is 0.269. The Labute approximate surface area is 207 Å². The van der Waals surface area contributed by atoms with Gasteiger partial charge in [0.25, 0.3) is 11.7 Å². The van der Waals surface area contributed by atoms with Crippen molar-refractivity contribution in [2.75, 3.05) is 19.1 Å². The Hall–Kier alpha value is -4.03. The molecule has 5 rings (SSSR count). The van der Waals surface area contributed by atoms with Crippen LogP contribution in [0.2, 0.25) is 0 Å². The fourth-order valence-corrected chi connectivity index (χ4v) is 4.46. The van der Waals surface area contributed by atoms with Crippen LogP contribution in [-0.4, -0.2) is 45.3 Å². The number of carbonyl (C=O) groups excluding carboxylic acids is 1. The molecule has 176 valence electrons. The number of anilines is 1. The lowest BCUT2D eigenvalue weighted by Gasteiger charge is -2.22. The van der Waals surface area contributed by atoms with Gasteiger partial charge in [-0.05, 0) is 59.9 Å². The second kappa shape index (κ2) is 10.1. The van der Waals surface area contributed by atoms with Crippen LogP contribution in [0.3, 0.4) is 0 Å². The molecule has 0 aliphatic heterocycles. The molecule has 0 atom stereocenters. The summed E-state index contributed by atoms with van der Waals surface area (Å²) in [6.45, 7) is 0.401. The van der Waals surface area contributed by atoms with Gasteiger partial charge in [0.1, 0.15) is 5.75 Å². The fourth-order valence-electron chi connectivity index (χ4n) is 3.71. The van der Waals surface area contributed by atoms with Crippen LogP contribution in [0.5, 0.6) is 5.75 Å². The van der Waals surface area contributed by atoms with Crippen molar-refractivity contribution in [1.29, 1.82) is 0 Å². The third-order valence-corrected chi connectivity index (χ3v) is 6.80. The molecule has 0 saturated heterocycles. The van der Waals surface area contributed by atoms with Gasteiger partial charge in [-0.3, -0.25) is 4.79 Å². The number of methoxy groups -OCH3 is 1. The third-order valence-electron chi connectivity index (χ3n) is 6.02. The quantitative estimate of drug-likeness (QED) is 0.383. The highest BCUT2D eigenvalue weighted by Crippen LogP contribution is 2.36. The summed E-state index contributed by atoms with van der Waals surface area (Å²) < 4.78 is 5.17. The number of ether oxygens (including phenoxy) is 1. The molecule has 1 saturated carbocycles. The molecule has 1 amide bonds. The molecule has 9 heteroatoms. The van der Waals surface area contributed by atoms with Crippen LogP contribution in [0.25, 0.3) is 0 Å². The SMILES string of the molecule is COc1ccc(Cn2nnc(C(=O)N(C)c3cccc(C#Cc4nc(C5CCC5)cs4)c3)n2)cc1. The minimum atomic E-state index is -0.346. The Morgan fingerprint density at radius 3 is 2.77 bits per heavy atom. The summed E-state index contributed by atoms with van der Waals surface area (Å²) in [5.41, 5.74) is 3.64. The predicted molar refractivity (Wildman–Crippen MR) is 134 cm³/mol. The molecule has 0 spiro atoms. The minimum Gasteiger partial charge on any atom is -0.497 e. The zero-order valence-corrected chi connectivity index (χ0v) is 20.3. The number of nitrogens with zero attached hydrogens (tertiary/aromatic N) is 6. The van der Waals surface area contributed by atoms with E-state index in [1.165, 1.54) is 29.0 Å². The van der Waals surface area contributed by atoms with E-state index in [1.807, 2.05) is 48.5 Å². The summed E-state index contributed by atoms with van der Waals surface area (Å²) in [5, 5.41) is 15.2. The summed E-state index contributed by atoms with van der Waals surface area (Å²) in [4.78, 5) is 20.5. The van der Waals surface area contributed by atoms with Crippen LogP contribution in [0, 0.1) is 11.8 Å². The van der Waals surface area contributed by atoms with E-state index in [-0.39, 0.29) is 11.7 Å². The van der Waals surface area contributed by atoms with Crippen molar-refractivity contribution in [3.05, 3.63) is 81.6 Å². The Bertz CT molecular complexity index is 1390. The van der Waals surface area contributed by atoms with E-state index in [2.05, 4.69) is 37.6 Å². The van der Waals surface area contributed by atoms with Gasteiger partial charge in [0.05, 0.1) is 19.3 Å². The number of benzene rings is 2. The van der Waals surface area contributed by atoms with E-state index in [0.717, 1.165) is 27.6 Å². The smallest absolute Gasteiger partial charge is 0.299 e. The van der Waals surface area contributed by atoms with Gasteiger partial charge in [0.2, 0.25) is 0 Å². The second-order valence-electron chi connectivity index (χ2n) is 8.36. The van der Waals surface area contributed by atoms with E-state index in [4.69, 9.17) is 4.74 Å². The van der Waals surface area contributed by atoms with Gasteiger partial charge in [-0.25, -0.2) is 4.98 Å². The third kappa shape index (κ3) is 5.23. The first-order valence-corrected chi connectivity index (χ1v) is 12.2. The van der Waals surface area contributed by atoms with Crippen molar-refractivity contribution in [3.63, 3.8) is 0 Å². The number of carbonyl (C=O) groups is 1. The Morgan fingerprint density at radius 2 is 2.03 bits per heavy atom. The highest BCUT2D eigenvalue weighted by Gasteiger charge is 2.22. The van der Waals surface area contributed by atoms with Crippen molar-refractivity contribution in [2.45, 2.75) is 31.7 Å². The van der Waals surface area contributed by atoms with E-state index >= 15 is 0 Å². The van der Waals surface area contributed by atoms with Crippen molar-refractivity contribution in [1.82, 2.24) is 25.2 Å². The van der Waals surface area contributed by atoms with Crippen LogP contribution in [-0.2, 0) is 6.54 Å². The Morgan fingerprint density at radius 1 is 1.20 bits per heavy atom. The number of tetrazole rings is 1. The maximum atomic E-state index is 13.0. The molecular weight excluding hydrogens is 460 g/mol. The largest absolute Gasteiger partial charge is 0.497 e. The Kier molecular flexibility index (Phi) is 6.55. The van der Waals surface area contributed by atoms with Gasteiger partial charge in [0.15, 0.2) is 5.01 Å². The van der Waals surface area contributed by atoms with Crippen LogP contribution in [0.1, 0.15) is 57.6 Å². The summed E-state index contributed by atoms with van der Waals surface area (Å²) in [6.07, 6.45) is 3.74. The predicted octanol–water partition coefficient (Wildman–Crippen LogP) is 4.13. The zero-order valence-electron chi connectivity index (χ0n) is 19.5. The number of rotatable bonds is 6. The summed E-state index contributed by atoms with van der Waals surface area (Å²) in [5.74, 6) is 7.38. The standard InChI is InChI=1S/C26H24N6O2S/c1-31(26(33)25-28-30-32(29-25)16-19-9-12-22(34-2)13-10-19)21-8-3-5-18(15-21)11-14-24-27-23(17-35-24)20-6-4-7-20/h3,5,8-10,12-13,15,17,20H,4,6-7,16H2,1-2H3. The lowest BCUT2D eigenvalue weighted by Crippen LogP contribution is -2.27. The van der Waals surface area contributed by atoms with Crippen LogP contribution in [0.15, 0.2) is 53.9 Å². The topological polar surface area (TPSA) is 86.0 Å². The Balaban J connectivity index is 1.25. The number of hydrogen-bond donors (Lipinski definition) is 0. The maximum absolute atomic E-state index is 13.0. The average molecular weight is 485 g/mol. The highest BCUT2D eigenvalue weighted by molar-refractivity contribution is 7.10. The molecule has 1 fully saturated rings. The molecule has 1 aliphatic carbocycles. The van der Waals surface area contributed by atoms with Gasteiger partial charge in [-0.2, -0.15) is 4.80 Å². The number of aromatic nitrogens is 5. The molecule has 0 bridgehead atoms. The van der Waals surface area contributed by atoms with Crippen LogP contribution >= 0.6 is 11.3 Å². The molecular formula is C26H24N6O2S. The number of hydrogen-bond acceptors (Lipinski definition) is 7. The van der Waals surface area contributed by atoms with E-state index < -0.39 is 0 Å². The molecule has 0 N–H and O–H groups in total. The summed E-state index contributed by atoms with van der Waals surface area (Å²) >= 11 is 1.58. The van der Waals surface area contributed by atoms with Crippen molar-refractivity contribution in [3.8, 4) is 17.6 Å². The molecule has 8 nitrogen and oxygen atoms in total. The average Bonchev–Trinajstić information content (AvgIpc) is 3.51. The van der Waals surface area contributed by atoms with Gasteiger partial charge >= 0.3 is 0 Å². The first-order valence-electron chi connectivity index (χ1n) is 11.4. The van der Waals surface area contributed by atoms with Crippen molar-refractivity contribution < 1.29 is 9.53 Å². The first kappa shape index (κ1) is 22.7. The molecule has 35 heavy (non-hydrogen) atoms.